The van der Waals surface area contributed by atoms with Crippen molar-refractivity contribution in [1.82, 2.24) is 4.90 Å². The van der Waals surface area contributed by atoms with Crippen LogP contribution in [0.3, 0.4) is 0 Å². The molecule has 1 amide bonds. The van der Waals surface area contributed by atoms with Crippen LogP contribution in [0.25, 0.3) is 0 Å². The van der Waals surface area contributed by atoms with Crippen LogP contribution < -0.4 is 5.73 Å². The van der Waals surface area contributed by atoms with Gasteiger partial charge in [-0.2, -0.15) is 0 Å². The lowest BCUT2D eigenvalue weighted by Crippen LogP contribution is -2.53. The summed E-state index contributed by atoms with van der Waals surface area (Å²) in [5.41, 5.74) is 4.57. The molecule has 1 fully saturated rings. The molecule has 5 heteroatoms. The summed E-state index contributed by atoms with van der Waals surface area (Å²) in [6, 6.07) is 0. The van der Waals surface area contributed by atoms with E-state index >= 15 is 0 Å². The molecule has 1 atom stereocenters. The van der Waals surface area contributed by atoms with Gasteiger partial charge in [0.25, 0.3) is 0 Å². The number of carbonyl (C=O) groups is 2. The van der Waals surface area contributed by atoms with Gasteiger partial charge < -0.3 is 15.7 Å². The van der Waals surface area contributed by atoms with Crippen LogP contribution in [0.1, 0.15) is 53.4 Å². The van der Waals surface area contributed by atoms with Gasteiger partial charge in [-0.3, -0.25) is 9.59 Å². The number of likely N-dealkylation sites (tertiary alicyclic amines) is 1. The molecule has 0 aromatic heterocycles. The Morgan fingerprint density at radius 1 is 1.29 bits per heavy atom. The lowest BCUT2D eigenvalue weighted by Gasteiger charge is -2.43. The van der Waals surface area contributed by atoms with Gasteiger partial charge in [0, 0.05) is 19.6 Å². The first-order valence-electron chi connectivity index (χ1n) is 7.98. The minimum absolute atomic E-state index is 0.00288. The van der Waals surface area contributed by atoms with E-state index in [0.717, 1.165) is 25.7 Å². The molecule has 1 rings (SSSR count). The van der Waals surface area contributed by atoms with Crippen molar-refractivity contribution in [3.8, 4) is 0 Å². The number of rotatable bonds is 6. The standard InChI is InChI=1S/C16H30N2O3/c1-5-16(6-2,11-17)13(19)18-9-7-8-12(10-18)15(3,4)14(20)21/h12H,5-11,17H2,1-4H3,(H,20,21). The summed E-state index contributed by atoms with van der Waals surface area (Å²) in [6.45, 7) is 9.09. The molecule has 1 aliphatic heterocycles. The molecule has 0 aliphatic carbocycles. The summed E-state index contributed by atoms with van der Waals surface area (Å²) in [5.74, 6) is -0.698. The highest BCUT2D eigenvalue weighted by atomic mass is 16.4. The second-order valence-electron chi connectivity index (χ2n) is 6.81. The molecule has 1 unspecified atom stereocenters. The van der Waals surface area contributed by atoms with Gasteiger partial charge in [0.05, 0.1) is 10.8 Å². The highest BCUT2D eigenvalue weighted by molar-refractivity contribution is 5.83. The van der Waals surface area contributed by atoms with Gasteiger partial charge in [-0.1, -0.05) is 13.8 Å². The first kappa shape index (κ1) is 18.0. The van der Waals surface area contributed by atoms with Gasteiger partial charge in [-0.15, -0.1) is 0 Å². The number of hydrogen-bond donors (Lipinski definition) is 2. The number of carboxylic acid groups (broad SMARTS) is 1. The molecule has 1 aliphatic rings. The lowest BCUT2D eigenvalue weighted by atomic mass is 9.73. The summed E-state index contributed by atoms with van der Waals surface area (Å²) in [6.07, 6.45) is 3.17. The van der Waals surface area contributed by atoms with E-state index in [0.29, 0.717) is 19.6 Å². The van der Waals surface area contributed by atoms with Crippen LogP contribution in [0.15, 0.2) is 0 Å². The van der Waals surface area contributed by atoms with Crippen molar-refractivity contribution < 1.29 is 14.7 Å². The van der Waals surface area contributed by atoms with E-state index in [9.17, 15) is 14.7 Å². The van der Waals surface area contributed by atoms with E-state index in [1.54, 1.807) is 13.8 Å². The third-order valence-corrected chi connectivity index (χ3v) is 5.48. The topological polar surface area (TPSA) is 83.6 Å². The zero-order valence-electron chi connectivity index (χ0n) is 13.8. The van der Waals surface area contributed by atoms with Crippen molar-refractivity contribution >= 4 is 11.9 Å². The number of aliphatic carboxylic acids is 1. The Balaban J connectivity index is 2.90. The summed E-state index contributed by atoms with van der Waals surface area (Å²) >= 11 is 0. The second-order valence-corrected chi connectivity index (χ2v) is 6.81. The normalized spacial score (nSPS) is 20.4. The maximum Gasteiger partial charge on any atom is 0.309 e. The number of nitrogens with zero attached hydrogens (tertiary/aromatic N) is 1. The van der Waals surface area contributed by atoms with Crippen LogP contribution in [-0.4, -0.2) is 41.5 Å². The molecular weight excluding hydrogens is 268 g/mol. The fourth-order valence-electron chi connectivity index (χ4n) is 3.19. The zero-order valence-corrected chi connectivity index (χ0v) is 13.8. The zero-order chi connectivity index (χ0) is 16.3. The fraction of sp³-hybridized carbons (Fsp3) is 0.875. The Morgan fingerprint density at radius 2 is 1.86 bits per heavy atom. The highest BCUT2D eigenvalue weighted by Gasteiger charge is 2.43. The Bertz CT molecular complexity index is 381. The Hall–Kier alpha value is -1.10. The predicted molar refractivity (Wildman–Crippen MR) is 82.8 cm³/mol. The van der Waals surface area contributed by atoms with Crippen molar-refractivity contribution in [2.45, 2.75) is 53.4 Å². The number of amides is 1. The van der Waals surface area contributed by atoms with Gasteiger partial charge in [-0.25, -0.2) is 0 Å². The first-order valence-corrected chi connectivity index (χ1v) is 7.98. The summed E-state index contributed by atoms with van der Waals surface area (Å²) in [7, 11) is 0. The van der Waals surface area contributed by atoms with E-state index < -0.39 is 16.8 Å². The average Bonchev–Trinajstić information content (AvgIpc) is 2.49. The third-order valence-electron chi connectivity index (χ3n) is 5.48. The monoisotopic (exact) mass is 298 g/mol. The Kier molecular flexibility index (Phi) is 5.79. The van der Waals surface area contributed by atoms with Gasteiger partial charge >= 0.3 is 5.97 Å². The highest BCUT2D eigenvalue weighted by Crippen LogP contribution is 2.36. The number of carboxylic acids is 1. The first-order chi connectivity index (χ1) is 9.75. The lowest BCUT2D eigenvalue weighted by molar-refractivity contribution is -0.155. The number of piperidine rings is 1. The molecule has 0 radical (unpaired) electrons. The Morgan fingerprint density at radius 3 is 2.29 bits per heavy atom. The quantitative estimate of drug-likeness (QED) is 0.786. The van der Waals surface area contributed by atoms with Crippen LogP contribution in [0.5, 0.6) is 0 Å². The molecule has 0 saturated carbocycles. The summed E-state index contributed by atoms with van der Waals surface area (Å²) in [4.78, 5) is 26.1. The van der Waals surface area contributed by atoms with E-state index in [2.05, 4.69) is 0 Å². The number of nitrogens with two attached hydrogens (primary N) is 1. The van der Waals surface area contributed by atoms with E-state index in [1.807, 2.05) is 18.7 Å². The van der Waals surface area contributed by atoms with Crippen LogP contribution in [0.4, 0.5) is 0 Å². The summed E-state index contributed by atoms with van der Waals surface area (Å²) in [5, 5.41) is 9.39. The molecule has 0 bridgehead atoms. The molecule has 5 nitrogen and oxygen atoms in total. The van der Waals surface area contributed by atoms with Crippen molar-refractivity contribution in [3.63, 3.8) is 0 Å². The Labute approximate surface area is 127 Å². The van der Waals surface area contributed by atoms with Gasteiger partial charge in [0.1, 0.15) is 0 Å². The van der Waals surface area contributed by atoms with Crippen molar-refractivity contribution in [2.75, 3.05) is 19.6 Å². The maximum absolute atomic E-state index is 12.9. The number of hydrogen-bond acceptors (Lipinski definition) is 3. The second kappa shape index (κ2) is 6.77. The smallest absolute Gasteiger partial charge is 0.309 e. The molecule has 122 valence electrons. The maximum atomic E-state index is 12.9. The largest absolute Gasteiger partial charge is 0.481 e. The molecule has 0 aromatic carbocycles. The molecule has 1 saturated heterocycles. The minimum Gasteiger partial charge on any atom is -0.481 e. The molecular formula is C16H30N2O3. The van der Waals surface area contributed by atoms with Crippen molar-refractivity contribution in [1.29, 1.82) is 0 Å². The fourth-order valence-corrected chi connectivity index (χ4v) is 3.19. The molecule has 3 N–H and O–H groups in total. The van der Waals surface area contributed by atoms with Gasteiger partial charge in [0.2, 0.25) is 5.91 Å². The molecule has 0 spiro atoms. The van der Waals surface area contributed by atoms with Crippen LogP contribution >= 0.6 is 0 Å². The minimum atomic E-state index is -0.803. The van der Waals surface area contributed by atoms with Crippen LogP contribution in [0.2, 0.25) is 0 Å². The van der Waals surface area contributed by atoms with Gasteiger partial charge in [-0.05, 0) is 45.4 Å². The summed E-state index contributed by atoms with van der Waals surface area (Å²) < 4.78 is 0. The average molecular weight is 298 g/mol. The molecule has 0 aromatic rings. The van der Waals surface area contributed by atoms with Crippen LogP contribution in [-0.2, 0) is 9.59 Å². The van der Waals surface area contributed by atoms with E-state index in [4.69, 9.17) is 5.73 Å². The third kappa shape index (κ3) is 3.39. The SMILES string of the molecule is CCC(CC)(CN)C(=O)N1CCCC(C(C)(C)C(=O)O)C1. The van der Waals surface area contributed by atoms with E-state index in [1.165, 1.54) is 0 Å². The number of carbonyl (C=O) groups excluding carboxylic acids is 1. The molecule has 21 heavy (non-hydrogen) atoms. The van der Waals surface area contributed by atoms with E-state index in [-0.39, 0.29) is 11.8 Å². The molecule has 1 heterocycles. The van der Waals surface area contributed by atoms with Gasteiger partial charge in [0.15, 0.2) is 0 Å². The van der Waals surface area contributed by atoms with Crippen LogP contribution in [0, 0.1) is 16.7 Å². The van der Waals surface area contributed by atoms with Crippen molar-refractivity contribution in [2.24, 2.45) is 22.5 Å². The predicted octanol–water partition coefficient (Wildman–Crippen LogP) is 2.10. The van der Waals surface area contributed by atoms with Crippen molar-refractivity contribution in [3.05, 3.63) is 0 Å².